The van der Waals surface area contributed by atoms with Crippen molar-refractivity contribution < 1.29 is 66.9 Å². The van der Waals surface area contributed by atoms with Gasteiger partial charge < -0.3 is 59.4 Å². The van der Waals surface area contributed by atoms with Crippen molar-refractivity contribution in [1.82, 2.24) is 19.6 Å². The molecular weight excluding hydrogens is 787 g/mol. The molecule has 2 heterocycles. The van der Waals surface area contributed by atoms with Crippen molar-refractivity contribution in [2.75, 3.05) is 53.7 Å². The van der Waals surface area contributed by atoms with Crippen LogP contribution in [0.1, 0.15) is 45.7 Å². The molecule has 0 aliphatic carbocycles. The van der Waals surface area contributed by atoms with Crippen molar-refractivity contribution in [3.63, 3.8) is 0 Å². The molecule has 57 heavy (non-hydrogen) atoms. The fraction of sp³-hybridized carbons (Fsp3) is 0.286. The first-order valence-corrected chi connectivity index (χ1v) is 17.8. The van der Waals surface area contributed by atoms with Gasteiger partial charge in [-0.1, -0.05) is 62.4 Å². The standard InChI is InChI=1S/C21H22F2N2O2.C15H12F2O2.C6H12N2O.2ClH/c1-3-15-4-6-16(7-5-15)17-12-18(22)20(19(23)13-17)21(26)27-11-10-25-9-8-24(2)14-25;1-2-9-3-5-10(6-4-9)11-7-12(16)14(15(18)19)13(17)8-11;1-7-2-3-8(6-7)4-5-9;;/h4-9,12-13H,3,10-11,14H2,1-2H3;3-8H,2H2,1H3,(H,18,19);2-3,9H,4-6H2,1H3;2*1H/p-2. The van der Waals surface area contributed by atoms with Gasteiger partial charge in [-0.05, 0) is 70.5 Å². The SMILES string of the molecule is CCc1ccc(-c2cc(F)c(C(=O)O)c(F)c2)cc1.CCc1ccc(-c2cc(F)c(C(=O)OCCN3C=CN(C)C3)c(F)c2)cc1.CN1C=CN(CCO)C1.[Cl-].[Cl-]. The normalized spacial score (nSPS) is 12.6. The van der Waals surface area contributed by atoms with E-state index in [0.29, 0.717) is 35.5 Å². The average Bonchev–Trinajstić information content (AvgIpc) is 3.78. The van der Waals surface area contributed by atoms with Gasteiger partial charge >= 0.3 is 11.9 Å². The molecule has 0 bridgehead atoms. The number of aliphatic hydroxyl groups excluding tert-OH is 1. The molecule has 0 saturated heterocycles. The lowest BCUT2D eigenvalue weighted by Gasteiger charge is -2.17. The number of carbonyl (C=O) groups excluding carboxylic acids is 1. The lowest BCUT2D eigenvalue weighted by Crippen LogP contribution is -3.00. The van der Waals surface area contributed by atoms with E-state index in [1.54, 1.807) is 12.1 Å². The van der Waals surface area contributed by atoms with Crippen LogP contribution in [0.25, 0.3) is 22.3 Å². The molecular formula is C42H46Cl2F4N4O5-2. The molecule has 2 N–H and O–H groups in total. The maximum absolute atomic E-state index is 14.4. The first-order valence-electron chi connectivity index (χ1n) is 17.8. The molecule has 0 radical (unpaired) electrons. The van der Waals surface area contributed by atoms with Crippen molar-refractivity contribution in [2.45, 2.75) is 26.7 Å². The predicted molar refractivity (Wildman–Crippen MR) is 204 cm³/mol. The lowest BCUT2D eigenvalue weighted by atomic mass is 10.0. The van der Waals surface area contributed by atoms with E-state index in [1.165, 1.54) is 12.1 Å². The Kier molecular flexibility index (Phi) is 19.4. The van der Waals surface area contributed by atoms with E-state index in [2.05, 4.69) is 9.80 Å². The molecule has 4 aromatic rings. The molecule has 308 valence electrons. The summed E-state index contributed by atoms with van der Waals surface area (Å²) in [5.74, 6) is -6.58. The van der Waals surface area contributed by atoms with Gasteiger partial charge in [-0.25, -0.2) is 27.2 Å². The first-order chi connectivity index (χ1) is 26.3. The fourth-order valence-electron chi connectivity index (χ4n) is 5.67. The highest BCUT2D eigenvalue weighted by Gasteiger charge is 2.22. The van der Waals surface area contributed by atoms with Crippen LogP contribution in [0.5, 0.6) is 0 Å². The number of hydrogen-bond donors (Lipinski definition) is 2. The van der Waals surface area contributed by atoms with Crippen LogP contribution in [0.3, 0.4) is 0 Å². The number of rotatable bonds is 11. The third-order valence-corrected chi connectivity index (χ3v) is 8.77. The highest BCUT2D eigenvalue weighted by Crippen LogP contribution is 2.27. The van der Waals surface area contributed by atoms with Crippen LogP contribution in [0.4, 0.5) is 17.6 Å². The number of β-amino-alcohol motifs (C(OH)–C–C–N with tert-alkyl or cyclic N) is 1. The molecule has 0 fully saturated rings. The van der Waals surface area contributed by atoms with Crippen LogP contribution < -0.4 is 24.8 Å². The van der Waals surface area contributed by atoms with Crippen molar-refractivity contribution >= 4 is 11.9 Å². The van der Waals surface area contributed by atoms with E-state index in [-0.39, 0.29) is 38.0 Å². The molecule has 0 saturated carbocycles. The number of aromatic carboxylic acids is 1. The fourth-order valence-corrected chi connectivity index (χ4v) is 5.67. The van der Waals surface area contributed by atoms with Crippen molar-refractivity contribution in [3.8, 4) is 22.3 Å². The number of ether oxygens (including phenoxy) is 1. The number of carboxylic acids is 1. The Morgan fingerprint density at radius 2 is 1.00 bits per heavy atom. The van der Waals surface area contributed by atoms with Crippen LogP contribution in [0, 0.1) is 23.3 Å². The van der Waals surface area contributed by atoms with E-state index < -0.39 is 46.3 Å². The van der Waals surface area contributed by atoms with Crippen LogP contribution >= 0.6 is 0 Å². The Morgan fingerprint density at radius 3 is 1.33 bits per heavy atom. The minimum absolute atomic E-state index is 0. The molecule has 0 aromatic heterocycles. The minimum Gasteiger partial charge on any atom is -1.00 e. The molecule has 2 aliphatic heterocycles. The molecule has 0 amide bonds. The maximum atomic E-state index is 14.4. The van der Waals surface area contributed by atoms with Gasteiger partial charge in [0.15, 0.2) is 0 Å². The number of aryl methyl sites for hydroxylation is 2. The molecule has 6 rings (SSSR count). The van der Waals surface area contributed by atoms with E-state index in [1.807, 2.05) is 98.9 Å². The highest BCUT2D eigenvalue weighted by molar-refractivity contribution is 5.91. The van der Waals surface area contributed by atoms with Crippen LogP contribution in [-0.4, -0.2) is 95.5 Å². The smallest absolute Gasteiger partial charge is 0.344 e. The van der Waals surface area contributed by atoms with Gasteiger partial charge in [-0.2, -0.15) is 0 Å². The quantitative estimate of drug-likeness (QED) is 0.173. The second-order valence-corrected chi connectivity index (χ2v) is 12.9. The third kappa shape index (κ3) is 13.7. The zero-order valence-corrected chi connectivity index (χ0v) is 33.6. The van der Waals surface area contributed by atoms with Crippen LogP contribution in [-0.2, 0) is 17.6 Å². The molecule has 4 aromatic carbocycles. The summed E-state index contributed by atoms with van der Waals surface area (Å²) in [4.78, 5) is 30.8. The Balaban J connectivity index is 0.000000325. The van der Waals surface area contributed by atoms with Gasteiger partial charge in [0.05, 0.1) is 26.5 Å². The number of carboxylic acid groups (broad SMARTS) is 1. The highest BCUT2D eigenvalue weighted by atomic mass is 35.5. The second kappa shape index (κ2) is 23.1. The second-order valence-electron chi connectivity index (χ2n) is 12.9. The monoisotopic (exact) mass is 832 g/mol. The number of halogens is 6. The summed E-state index contributed by atoms with van der Waals surface area (Å²) in [5, 5.41) is 17.2. The Morgan fingerprint density at radius 1 is 0.614 bits per heavy atom. The van der Waals surface area contributed by atoms with Crippen molar-refractivity contribution in [1.29, 1.82) is 0 Å². The third-order valence-electron chi connectivity index (χ3n) is 8.77. The van der Waals surface area contributed by atoms with Crippen molar-refractivity contribution in [2.24, 2.45) is 0 Å². The summed E-state index contributed by atoms with van der Waals surface area (Å²) < 4.78 is 61.0. The summed E-state index contributed by atoms with van der Waals surface area (Å²) >= 11 is 0. The molecule has 9 nitrogen and oxygen atoms in total. The number of aliphatic hydroxyl groups is 1. The van der Waals surface area contributed by atoms with E-state index in [0.717, 1.165) is 49.3 Å². The number of nitrogens with zero attached hydrogens (tertiary/aromatic N) is 4. The van der Waals surface area contributed by atoms with Gasteiger partial charge in [0.2, 0.25) is 0 Å². The largest absolute Gasteiger partial charge is 1.00 e. The van der Waals surface area contributed by atoms with Gasteiger partial charge in [0, 0.05) is 45.4 Å². The van der Waals surface area contributed by atoms with E-state index in [4.69, 9.17) is 14.9 Å². The molecule has 0 atom stereocenters. The first kappa shape index (κ1) is 47.9. The molecule has 15 heteroatoms. The van der Waals surface area contributed by atoms with Gasteiger partial charge in [-0.15, -0.1) is 0 Å². The lowest BCUT2D eigenvalue weighted by molar-refractivity contribution is -0.001000. The van der Waals surface area contributed by atoms with Gasteiger partial charge in [0.1, 0.15) is 41.0 Å². The summed E-state index contributed by atoms with van der Waals surface area (Å²) in [7, 11) is 3.93. The van der Waals surface area contributed by atoms with E-state index >= 15 is 0 Å². The molecule has 0 spiro atoms. The van der Waals surface area contributed by atoms with Gasteiger partial charge in [0.25, 0.3) is 0 Å². The van der Waals surface area contributed by atoms with Crippen molar-refractivity contribution in [3.05, 3.63) is 143 Å². The Labute approximate surface area is 343 Å². The minimum atomic E-state index is -1.61. The number of carbonyl (C=O) groups is 2. The zero-order chi connectivity index (χ0) is 40.1. The Bertz CT molecular complexity index is 1940. The van der Waals surface area contributed by atoms with Crippen LogP contribution in [0.2, 0.25) is 0 Å². The topological polar surface area (TPSA) is 96.8 Å². The summed E-state index contributed by atoms with van der Waals surface area (Å²) in [6.07, 6.45) is 9.50. The van der Waals surface area contributed by atoms with Crippen LogP contribution in [0.15, 0.2) is 97.6 Å². The zero-order valence-electron chi connectivity index (χ0n) is 32.1. The number of benzene rings is 4. The molecule has 2 aliphatic rings. The average molecular weight is 834 g/mol. The van der Waals surface area contributed by atoms with Gasteiger partial charge in [-0.3, -0.25) is 0 Å². The Hall–Kier alpha value is -5.24. The summed E-state index contributed by atoms with van der Waals surface area (Å²) in [6.45, 7) is 7.11. The molecule has 0 unspecified atom stereocenters. The number of esters is 1. The number of hydrogen-bond acceptors (Lipinski definition) is 8. The summed E-state index contributed by atoms with van der Waals surface area (Å²) in [5.41, 5.74) is 2.72. The maximum Gasteiger partial charge on any atom is 0.344 e. The van der Waals surface area contributed by atoms with E-state index in [9.17, 15) is 27.2 Å². The summed E-state index contributed by atoms with van der Waals surface area (Å²) in [6, 6.07) is 19.1. The predicted octanol–water partition coefficient (Wildman–Crippen LogP) is 1.58.